The molecule has 7 heteroatoms. The molecule has 5 nitrogen and oxygen atoms in total. The first kappa shape index (κ1) is 16.9. The lowest BCUT2D eigenvalue weighted by Crippen LogP contribution is -2.35. The minimum atomic E-state index is -3.41. The molecule has 0 fully saturated rings. The maximum Gasteiger partial charge on any atom is 0.235 e. The van der Waals surface area contributed by atoms with Crippen LogP contribution in [0, 0.1) is 0 Å². The third-order valence-corrected chi connectivity index (χ3v) is 4.77. The second-order valence-corrected chi connectivity index (χ2v) is 6.82. The zero-order valence-electron chi connectivity index (χ0n) is 11.5. The number of hydrogen-bond acceptors (Lipinski definition) is 4. The van der Waals surface area contributed by atoms with E-state index in [0.717, 1.165) is 0 Å². The number of methoxy groups -OCH3 is 1. The van der Waals surface area contributed by atoms with E-state index in [1.807, 2.05) is 6.07 Å². The molecule has 20 heavy (non-hydrogen) atoms. The van der Waals surface area contributed by atoms with Crippen molar-refractivity contribution in [2.24, 2.45) is 5.73 Å². The van der Waals surface area contributed by atoms with Crippen molar-refractivity contribution < 1.29 is 13.2 Å². The highest BCUT2D eigenvalue weighted by molar-refractivity contribution is 7.92. The van der Waals surface area contributed by atoms with Crippen LogP contribution in [-0.2, 0) is 14.8 Å². The minimum Gasteiger partial charge on any atom is -0.393 e. The lowest BCUT2D eigenvalue weighted by Gasteiger charge is -2.24. The average molecular weight is 316 g/mol. The SMILES string of the molecule is COCCCS(=O)(=O)N(CCC(N)=S)c1ccccc1. The Bertz CT molecular complexity index is 518. The van der Waals surface area contributed by atoms with Crippen molar-refractivity contribution in [1.29, 1.82) is 0 Å². The Balaban J connectivity index is 2.89. The number of anilines is 1. The molecule has 0 saturated heterocycles. The Morgan fingerprint density at radius 3 is 2.55 bits per heavy atom. The fourth-order valence-corrected chi connectivity index (χ4v) is 3.34. The molecule has 0 spiro atoms. The molecule has 2 N–H and O–H groups in total. The monoisotopic (exact) mass is 316 g/mol. The summed E-state index contributed by atoms with van der Waals surface area (Å²) in [5.41, 5.74) is 6.10. The predicted octanol–water partition coefficient (Wildman–Crippen LogP) is 1.54. The molecule has 0 aromatic heterocycles. The molecule has 0 aliphatic carbocycles. The van der Waals surface area contributed by atoms with Gasteiger partial charge in [0.15, 0.2) is 0 Å². The van der Waals surface area contributed by atoms with Gasteiger partial charge in [-0.25, -0.2) is 8.42 Å². The first-order valence-corrected chi connectivity index (χ1v) is 8.32. The van der Waals surface area contributed by atoms with E-state index in [4.69, 9.17) is 22.7 Å². The molecule has 1 rings (SSSR count). The number of hydrogen-bond donors (Lipinski definition) is 1. The molecule has 0 radical (unpaired) electrons. The number of nitrogens with zero attached hydrogens (tertiary/aromatic N) is 1. The quantitative estimate of drug-likeness (QED) is 0.552. The van der Waals surface area contributed by atoms with E-state index in [9.17, 15) is 8.42 Å². The molecule has 1 aromatic rings. The fourth-order valence-electron chi connectivity index (χ4n) is 1.73. The van der Waals surface area contributed by atoms with Crippen LogP contribution < -0.4 is 10.0 Å². The van der Waals surface area contributed by atoms with Crippen LogP contribution in [0.15, 0.2) is 30.3 Å². The van der Waals surface area contributed by atoms with Gasteiger partial charge in [0, 0.05) is 26.7 Å². The van der Waals surface area contributed by atoms with E-state index in [2.05, 4.69) is 0 Å². The van der Waals surface area contributed by atoms with E-state index in [1.54, 1.807) is 31.4 Å². The summed E-state index contributed by atoms with van der Waals surface area (Å²) in [5, 5.41) is 0. The summed E-state index contributed by atoms with van der Waals surface area (Å²) in [7, 11) is -1.86. The number of benzene rings is 1. The largest absolute Gasteiger partial charge is 0.393 e. The third kappa shape index (κ3) is 5.44. The maximum absolute atomic E-state index is 12.4. The van der Waals surface area contributed by atoms with Gasteiger partial charge in [-0.05, 0) is 18.6 Å². The molecule has 0 heterocycles. The van der Waals surface area contributed by atoms with Crippen molar-refractivity contribution in [2.75, 3.05) is 30.3 Å². The zero-order valence-corrected chi connectivity index (χ0v) is 13.1. The van der Waals surface area contributed by atoms with E-state index in [-0.39, 0.29) is 12.3 Å². The van der Waals surface area contributed by atoms with Crippen LogP contribution in [0.25, 0.3) is 0 Å². The minimum absolute atomic E-state index is 0.0348. The van der Waals surface area contributed by atoms with Crippen molar-refractivity contribution in [3.63, 3.8) is 0 Å². The van der Waals surface area contributed by atoms with Crippen LogP contribution >= 0.6 is 12.2 Å². The highest BCUT2D eigenvalue weighted by atomic mass is 32.2. The van der Waals surface area contributed by atoms with Crippen LogP contribution in [0.1, 0.15) is 12.8 Å². The summed E-state index contributed by atoms with van der Waals surface area (Å²) < 4.78 is 31.1. The normalized spacial score (nSPS) is 11.2. The van der Waals surface area contributed by atoms with Gasteiger partial charge in [0.1, 0.15) is 0 Å². The maximum atomic E-state index is 12.4. The van der Waals surface area contributed by atoms with Crippen molar-refractivity contribution in [3.8, 4) is 0 Å². The Morgan fingerprint density at radius 2 is 2.00 bits per heavy atom. The lowest BCUT2D eigenvalue weighted by atomic mass is 10.3. The molecule has 0 atom stereocenters. The second kappa shape index (κ2) is 8.18. The highest BCUT2D eigenvalue weighted by Gasteiger charge is 2.21. The van der Waals surface area contributed by atoms with Crippen molar-refractivity contribution >= 4 is 32.9 Å². The first-order chi connectivity index (χ1) is 9.47. The van der Waals surface area contributed by atoms with Gasteiger partial charge in [-0.3, -0.25) is 4.31 Å². The number of ether oxygens (including phenoxy) is 1. The van der Waals surface area contributed by atoms with Gasteiger partial charge < -0.3 is 10.5 Å². The smallest absolute Gasteiger partial charge is 0.235 e. The van der Waals surface area contributed by atoms with Gasteiger partial charge in [0.2, 0.25) is 10.0 Å². The summed E-state index contributed by atoms with van der Waals surface area (Å²) in [6, 6.07) is 8.95. The highest BCUT2D eigenvalue weighted by Crippen LogP contribution is 2.18. The van der Waals surface area contributed by atoms with Gasteiger partial charge in [-0.1, -0.05) is 30.4 Å². The standard InChI is InChI=1S/C13H20N2O3S2/c1-18-10-5-11-20(16,17)15(9-8-13(14)19)12-6-3-2-4-7-12/h2-4,6-7H,5,8-11H2,1H3,(H2,14,19). The topological polar surface area (TPSA) is 72.6 Å². The van der Waals surface area contributed by atoms with E-state index >= 15 is 0 Å². The molecule has 0 unspecified atom stereocenters. The number of nitrogens with two attached hydrogens (primary N) is 1. The van der Waals surface area contributed by atoms with Crippen LogP contribution in [0.5, 0.6) is 0 Å². The molecule has 0 bridgehead atoms. The molecule has 0 aliphatic rings. The molecule has 112 valence electrons. The molecule has 0 amide bonds. The van der Waals surface area contributed by atoms with E-state index in [1.165, 1.54) is 4.31 Å². The molecule has 0 saturated carbocycles. The Morgan fingerprint density at radius 1 is 1.35 bits per heavy atom. The van der Waals surface area contributed by atoms with Crippen LogP contribution in [0.3, 0.4) is 0 Å². The first-order valence-electron chi connectivity index (χ1n) is 6.30. The number of sulfonamides is 1. The number of thiocarbonyl (C=S) groups is 1. The van der Waals surface area contributed by atoms with Crippen LogP contribution in [0.4, 0.5) is 5.69 Å². The lowest BCUT2D eigenvalue weighted by molar-refractivity contribution is 0.199. The van der Waals surface area contributed by atoms with E-state index < -0.39 is 10.0 Å². The molecule has 1 aromatic carbocycles. The van der Waals surface area contributed by atoms with Gasteiger partial charge >= 0.3 is 0 Å². The summed E-state index contributed by atoms with van der Waals surface area (Å²) in [4.78, 5) is 0.304. The molecular weight excluding hydrogens is 296 g/mol. The van der Waals surface area contributed by atoms with Gasteiger partial charge in [-0.2, -0.15) is 0 Å². The summed E-state index contributed by atoms with van der Waals surface area (Å²) in [5.74, 6) is 0.0348. The van der Waals surface area contributed by atoms with Gasteiger partial charge in [-0.15, -0.1) is 0 Å². The molecular formula is C13H20N2O3S2. The Kier molecular flexibility index (Phi) is 6.90. The average Bonchev–Trinajstić information content (AvgIpc) is 2.39. The zero-order chi connectivity index (χ0) is 15.0. The summed E-state index contributed by atoms with van der Waals surface area (Å²) in [6.07, 6.45) is 0.809. The van der Waals surface area contributed by atoms with Gasteiger partial charge in [0.05, 0.1) is 16.4 Å². The second-order valence-electron chi connectivity index (χ2n) is 4.29. The predicted molar refractivity (Wildman–Crippen MR) is 85.5 cm³/mol. The van der Waals surface area contributed by atoms with Crippen LogP contribution in [0.2, 0.25) is 0 Å². The Labute approximate surface area is 125 Å². The van der Waals surface area contributed by atoms with Gasteiger partial charge in [0.25, 0.3) is 0 Å². The molecule has 0 aliphatic heterocycles. The summed E-state index contributed by atoms with van der Waals surface area (Å²) in [6.45, 7) is 0.672. The Hall–Kier alpha value is -1.18. The fraction of sp³-hybridized carbons (Fsp3) is 0.462. The summed E-state index contributed by atoms with van der Waals surface area (Å²) >= 11 is 4.83. The van der Waals surface area contributed by atoms with Crippen molar-refractivity contribution in [2.45, 2.75) is 12.8 Å². The van der Waals surface area contributed by atoms with Crippen LogP contribution in [-0.4, -0.2) is 39.4 Å². The third-order valence-electron chi connectivity index (χ3n) is 2.69. The number of para-hydroxylation sites is 1. The van der Waals surface area contributed by atoms with E-state index in [0.29, 0.717) is 30.1 Å². The van der Waals surface area contributed by atoms with Crippen molar-refractivity contribution in [3.05, 3.63) is 30.3 Å². The number of rotatable bonds is 9. The van der Waals surface area contributed by atoms with Crippen molar-refractivity contribution in [1.82, 2.24) is 0 Å².